The number of rotatable bonds is 6. The van der Waals surface area contributed by atoms with E-state index in [4.69, 9.17) is 6.15 Å². The van der Waals surface area contributed by atoms with Crippen LogP contribution in [0.2, 0.25) is 8.87 Å². The van der Waals surface area contributed by atoms with Gasteiger partial charge in [-0.05, 0) is 0 Å². The van der Waals surface area contributed by atoms with Crippen LogP contribution < -0.4 is 0 Å². The SMILES string of the molecule is CCC[CH2][Sn]1([CH2]CCC)[O]CC(C)(C)C[O]1. The second-order valence-corrected chi connectivity index (χ2v) is 15.6. The van der Waals surface area contributed by atoms with Gasteiger partial charge in [0.05, 0.1) is 0 Å². The summed E-state index contributed by atoms with van der Waals surface area (Å²) >= 11 is -2.61. The van der Waals surface area contributed by atoms with Crippen molar-refractivity contribution in [1.29, 1.82) is 0 Å². The van der Waals surface area contributed by atoms with E-state index in [-0.39, 0.29) is 5.41 Å². The molecule has 16 heavy (non-hydrogen) atoms. The van der Waals surface area contributed by atoms with Crippen LogP contribution in [0.5, 0.6) is 0 Å². The predicted octanol–water partition coefficient (Wildman–Crippen LogP) is 4.10. The summed E-state index contributed by atoms with van der Waals surface area (Å²) in [6.07, 6.45) is 5.11. The molecule has 0 radical (unpaired) electrons. The van der Waals surface area contributed by atoms with Crippen molar-refractivity contribution in [3.05, 3.63) is 0 Å². The first-order chi connectivity index (χ1) is 7.54. The van der Waals surface area contributed by atoms with Crippen molar-refractivity contribution in [3.8, 4) is 0 Å². The number of unbranched alkanes of at least 4 members (excludes halogenated alkanes) is 2. The van der Waals surface area contributed by atoms with E-state index in [0.717, 1.165) is 13.2 Å². The van der Waals surface area contributed by atoms with Gasteiger partial charge in [0.1, 0.15) is 0 Å². The zero-order valence-corrected chi connectivity index (χ0v) is 14.3. The summed E-state index contributed by atoms with van der Waals surface area (Å²) in [4.78, 5) is 0. The van der Waals surface area contributed by atoms with Gasteiger partial charge in [0.2, 0.25) is 0 Å². The fourth-order valence-corrected chi connectivity index (χ4v) is 13.5. The van der Waals surface area contributed by atoms with Gasteiger partial charge in [-0.1, -0.05) is 0 Å². The van der Waals surface area contributed by atoms with Crippen molar-refractivity contribution in [1.82, 2.24) is 0 Å². The Morgan fingerprint density at radius 2 is 1.38 bits per heavy atom. The van der Waals surface area contributed by atoms with Gasteiger partial charge >= 0.3 is 106 Å². The summed E-state index contributed by atoms with van der Waals surface area (Å²) < 4.78 is 15.1. The van der Waals surface area contributed by atoms with Gasteiger partial charge in [-0.2, -0.15) is 0 Å². The molecule has 0 saturated carbocycles. The maximum atomic E-state index is 6.27. The summed E-state index contributed by atoms with van der Waals surface area (Å²) in [6, 6.07) is 0. The van der Waals surface area contributed by atoms with Gasteiger partial charge < -0.3 is 0 Å². The summed E-state index contributed by atoms with van der Waals surface area (Å²) in [5.74, 6) is 0. The molecule has 0 aromatic rings. The molecule has 0 aromatic heterocycles. The van der Waals surface area contributed by atoms with Crippen LogP contribution in [0.25, 0.3) is 0 Å². The average Bonchev–Trinajstić information content (AvgIpc) is 2.27. The monoisotopic (exact) mass is 336 g/mol. The normalized spacial score (nSPS) is 23.2. The standard InChI is InChI=1S/C5H10O2.2C4H9.Sn/c1-5(2,3-6)4-7;2*1-3-4-2;/h3-4H2,1-2H3;2*1,3-4H2,2H3;/q-2;;;+2. The van der Waals surface area contributed by atoms with E-state index in [0.29, 0.717) is 0 Å². The fourth-order valence-electron chi connectivity index (χ4n) is 2.04. The Labute approximate surface area is 106 Å². The van der Waals surface area contributed by atoms with Crippen molar-refractivity contribution in [2.45, 2.75) is 62.3 Å². The second-order valence-electron chi connectivity index (χ2n) is 5.86. The van der Waals surface area contributed by atoms with Crippen LogP contribution in [-0.2, 0) is 6.15 Å². The van der Waals surface area contributed by atoms with E-state index in [2.05, 4.69) is 27.7 Å². The Morgan fingerprint density at radius 3 is 1.75 bits per heavy atom. The maximum absolute atomic E-state index is 6.27. The minimum absolute atomic E-state index is 0.235. The van der Waals surface area contributed by atoms with Gasteiger partial charge in [-0.25, -0.2) is 0 Å². The molecule has 96 valence electrons. The zero-order valence-electron chi connectivity index (χ0n) is 11.5. The molecule has 1 fully saturated rings. The summed E-state index contributed by atoms with van der Waals surface area (Å²) in [5.41, 5.74) is 0.235. The molecule has 0 N–H and O–H groups in total. The van der Waals surface area contributed by atoms with Crippen molar-refractivity contribution in [2.75, 3.05) is 13.2 Å². The van der Waals surface area contributed by atoms with Crippen molar-refractivity contribution >= 4 is 19.2 Å². The third-order valence-electron chi connectivity index (χ3n) is 3.27. The van der Waals surface area contributed by atoms with Crippen molar-refractivity contribution in [3.63, 3.8) is 0 Å². The van der Waals surface area contributed by atoms with Crippen LogP contribution in [-0.4, -0.2) is 32.4 Å². The van der Waals surface area contributed by atoms with Gasteiger partial charge in [-0.3, -0.25) is 0 Å². The Kier molecular flexibility index (Phi) is 6.09. The predicted molar refractivity (Wildman–Crippen MR) is 70.9 cm³/mol. The quantitative estimate of drug-likeness (QED) is 0.681. The molecular weight excluding hydrogens is 307 g/mol. The molecule has 0 amide bonds. The molecule has 1 aliphatic heterocycles. The van der Waals surface area contributed by atoms with Gasteiger partial charge in [0, 0.05) is 0 Å². The first-order valence-electron chi connectivity index (χ1n) is 6.81. The zero-order chi connectivity index (χ0) is 12.1. The molecule has 0 atom stereocenters. The Hall–Kier alpha value is 0.719. The van der Waals surface area contributed by atoms with Crippen molar-refractivity contribution in [2.24, 2.45) is 5.41 Å². The molecule has 0 aromatic carbocycles. The first-order valence-corrected chi connectivity index (χ1v) is 13.2. The topological polar surface area (TPSA) is 18.5 Å². The van der Waals surface area contributed by atoms with E-state index in [9.17, 15) is 0 Å². The van der Waals surface area contributed by atoms with E-state index < -0.39 is 19.2 Å². The Balaban J connectivity index is 2.51. The molecular formula is C13H28O2Sn. The van der Waals surface area contributed by atoms with E-state index >= 15 is 0 Å². The molecule has 0 spiro atoms. The summed E-state index contributed by atoms with van der Waals surface area (Å²) in [6.45, 7) is 10.8. The van der Waals surface area contributed by atoms with Crippen LogP contribution in [0, 0.1) is 5.41 Å². The van der Waals surface area contributed by atoms with Gasteiger partial charge in [-0.15, -0.1) is 0 Å². The van der Waals surface area contributed by atoms with E-state index in [1.165, 1.54) is 34.6 Å². The Bertz CT molecular complexity index is 184. The molecule has 0 aliphatic carbocycles. The number of hydrogen-bond donors (Lipinski definition) is 0. The number of hydrogen-bond acceptors (Lipinski definition) is 2. The van der Waals surface area contributed by atoms with Crippen LogP contribution >= 0.6 is 0 Å². The third-order valence-corrected chi connectivity index (χ3v) is 13.5. The van der Waals surface area contributed by atoms with Crippen LogP contribution in [0.15, 0.2) is 0 Å². The summed E-state index contributed by atoms with van der Waals surface area (Å²) in [7, 11) is 0. The Morgan fingerprint density at radius 1 is 0.938 bits per heavy atom. The summed E-state index contributed by atoms with van der Waals surface area (Å²) in [5, 5.41) is 0. The molecule has 1 saturated heterocycles. The first kappa shape index (κ1) is 14.8. The second kappa shape index (κ2) is 6.60. The molecule has 1 rings (SSSR count). The van der Waals surface area contributed by atoms with Gasteiger partial charge in [0.25, 0.3) is 0 Å². The molecule has 2 nitrogen and oxygen atoms in total. The third kappa shape index (κ3) is 4.53. The van der Waals surface area contributed by atoms with Gasteiger partial charge in [0.15, 0.2) is 0 Å². The molecule has 0 bridgehead atoms. The molecule has 0 unspecified atom stereocenters. The molecule has 1 heterocycles. The van der Waals surface area contributed by atoms with E-state index in [1.54, 1.807) is 0 Å². The van der Waals surface area contributed by atoms with E-state index in [1.807, 2.05) is 0 Å². The van der Waals surface area contributed by atoms with Crippen LogP contribution in [0.3, 0.4) is 0 Å². The molecule has 1 aliphatic rings. The minimum atomic E-state index is -2.61. The van der Waals surface area contributed by atoms with Crippen LogP contribution in [0.4, 0.5) is 0 Å². The van der Waals surface area contributed by atoms with Crippen LogP contribution in [0.1, 0.15) is 53.4 Å². The molecule has 3 heteroatoms. The average molecular weight is 335 g/mol. The fraction of sp³-hybridized carbons (Fsp3) is 1.00. The van der Waals surface area contributed by atoms with Crippen molar-refractivity contribution < 1.29 is 6.15 Å².